The van der Waals surface area contributed by atoms with Crippen LogP contribution in [0.2, 0.25) is 0 Å². The molecule has 3 rings (SSSR count). The lowest BCUT2D eigenvalue weighted by atomic mass is 9.84. The number of hydrogen-bond acceptors (Lipinski definition) is 7. The second-order valence-electron chi connectivity index (χ2n) is 9.84. The molecule has 0 aliphatic carbocycles. The van der Waals surface area contributed by atoms with Gasteiger partial charge in [0.1, 0.15) is 11.1 Å². The minimum atomic E-state index is -0.978. The smallest absolute Gasteiger partial charge is 0.313 e. The minimum absolute atomic E-state index is 0.0852. The van der Waals surface area contributed by atoms with Crippen molar-refractivity contribution in [3.63, 3.8) is 0 Å². The van der Waals surface area contributed by atoms with Crippen molar-refractivity contribution in [2.75, 3.05) is 0 Å². The van der Waals surface area contributed by atoms with Crippen LogP contribution < -0.4 is 5.11 Å². The van der Waals surface area contributed by atoms with Crippen molar-refractivity contribution < 1.29 is 25.0 Å². The van der Waals surface area contributed by atoms with Crippen LogP contribution in [0, 0.1) is 10.4 Å². The molecule has 1 aromatic carbocycles. The van der Waals surface area contributed by atoms with Gasteiger partial charge in [0.05, 0.1) is 11.1 Å². The van der Waals surface area contributed by atoms with Gasteiger partial charge >= 0.3 is 11.7 Å². The van der Waals surface area contributed by atoms with Gasteiger partial charge < -0.3 is 15.5 Å². The zero-order valence-corrected chi connectivity index (χ0v) is 18.1. The van der Waals surface area contributed by atoms with E-state index in [4.69, 9.17) is 0 Å². The Morgan fingerprint density at radius 2 is 1.00 bits per heavy atom. The van der Waals surface area contributed by atoms with Crippen LogP contribution in [0.1, 0.15) is 66.5 Å². The molecule has 2 heterocycles. The van der Waals surface area contributed by atoms with E-state index in [1.165, 1.54) is 18.2 Å². The molecule has 2 aliphatic heterocycles. The summed E-state index contributed by atoms with van der Waals surface area (Å²) in [7, 11) is 0. The van der Waals surface area contributed by atoms with Gasteiger partial charge in [-0.05, 0) is 61.5 Å². The van der Waals surface area contributed by atoms with E-state index in [1.807, 2.05) is 0 Å². The topological polar surface area (TPSA) is 122 Å². The highest BCUT2D eigenvalue weighted by atomic mass is 16.5. The Hall–Kier alpha value is -2.52. The molecule has 0 amide bonds. The second kappa shape index (κ2) is 5.76. The molecule has 0 saturated heterocycles. The molecule has 0 radical (unpaired) electrons. The van der Waals surface area contributed by atoms with Gasteiger partial charge in [-0.15, -0.1) is 15.9 Å². The first-order chi connectivity index (χ1) is 13.0. The molecule has 2 N–H and O–H groups in total. The molecular formula is C20H29N4O5-. The third-order valence-electron chi connectivity index (χ3n) is 7.28. The summed E-state index contributed by atoms with van der Waals surface area (Å²) in [6.07, 6.45) is 0. The summed E-state index contributed by atoms with van der Waals surface area (Å²) in [6.45, 7) is 13.7. The maximum atomic E-state index is 13.0. The molecule has 160 valence electrons. The average Bonchev–Trinajstić information content (AvgIpc) is 2.78. The molecule has 0 fully saturated rings. The Bertz CT molecular complexity index is 874. The molecule has 0 unspecified atom stereocenters. The fourth-order valence-corrected chi connectivity index (χ4v) is 3.58. The highest BCUT2D eigenvalue weighted by molar-refractivity contribution is 6.02. The first-order valence-electron chi connectivity index (χ1n) is 9.49. The molecule has 0 saturated carbocycles. The first kappa shape index (κ1) is 21.2. The molecular weight excluding hydrogens is 376 g/mol. The molecule has 0 aromatic heterocycles. The number of amidine groups is 2. The monoisotopic (exact) mass is 405 g/mol. The SMILES string of the molecule is CC1(C)N(O)C(c2cc([O-])cc(C3=[N+]([O-])C(C)(C)C(C)(C)N3O)c2)=[N+]([O-])C1(C)C. The summed E-state index contributed by atoms with van der Waals surface area (Å²) in [4.78, 5) is 0. The van der Waals surface area contributed by atoms with Crippen molar-refractivity contribution in [1.82, 2.24) is 10.1 Å². The zero-order valence-electron chi connectivity index (χ0n) is 18.1. The van der Waals surface area contributed by atoms with Crippen LogP contribution in [0.25, 0.3) is 0 Å². The van der Waals surface area contributed by atoms with Crippen molar-refractivity contribution >= 4 is 11.7 Å². The fourth-order valence-electron chi connectivity index (χ4n) is 3.58. The molecule has 29 heavy (non-hydrogen) atoms. The number of hydroxylamine groups is 6. The van der Waals surface area contributed by atoms with Crippen LogP contribution in [0.5, 0.6) is 5.75 Å². The van der Waals surface area contributed by atoms with Gasteiger partial charge in [-0.3, -0.25) is 9.48 Å². The summed E-state index contributed by atoms with van der Waals surface area (Å²) >= 11 is 0. The normalized spacial score (nSPS) is 24.6. The van der Waals surface area contributed by atoms with E-state index in [2.05, 4.69) is 0 Å². The lowest BCUT2D eigenvalue weighted by Gasteiger charge is -2.33. The highest BCUT2D eigenvalue weighted by Gasteiger charge is 2.60. The maximum absolute atomic E-state index is 13.0. The Labute approximate surface area is 170 Å². The molecule has 1 aromatic rings. The summed E-state index contributed by atoms with van der Waals surface area (Å²) in [5.41, 5.74) is -3.48. The van der Waals surface area contributed by atoms with E-state index in [1.54, 1.807) is 55.4 Å². The van der Waals surface area contributed by atoms with E-state index in [9.17, 15) is 25.9 Å². The van der Waals surface area contributed by atoms with E-state index in [0.29, 0.717) is 9.48 Å². The standard InChI is InChI=1S/C20H30N4O5/c1-17(2)18(3,4)22(27)15(21(17)26)12-9-13(11-14(25)10-12)16-23(28)19(5,6)20(7,8)24(16)29/h9-11,25-26,28H,1-8H3/p-1. The van der Waals surface area contributed by atoms with Crippen LogP contribution in [0.4, 0.5) is 0 Å². The van der Waals surface area contributed by atoms with Gasteiger partial charge in [0.15, 0.2) is 11.1 Å². The quantitative estimate of drug-likeness (QED) is 0.568. The Kier molecular flexibility index (Phi) is 4.21. The van der Waals surface area contributed by atoms with E-state index >= 15 is 0 Å². The fraction of sp³-hybridized carbons (Fsp3) is 0.600. The second-order valence-corrected chi connectivity index (χ2v) is 9.84. The lowest BCUT2D eigenvalue weighted by molar-refractivity contribution is -0.539. The van der Waals surface area contributed by atoms with E-state index < -0.39 is 27.9 Å². The third kappa shape index (κ3) is 2.47. The zero-order chi connectivity index (χ0) is 22.3. The Morgan fingerprint density at radius 3 is 1.24 bits per heavy atom. The summed E-state index contributed by atoms with van der Waals surface area (Å²) in [6, 6.07) is 3.92. The predicted octanol–water partition coefficient (Wildman–Crippen LogP) is 1.80. The maximum Gasteiger partial charge on any atom is 0.313 e. The minimum Gasteiger partial charge on any atom is -0.872 e. The molecule has 0 atom stereocenters. The van der Waals surface area contributed by atoms with Gasteiger partial charge in [-0.25, -0.2) is 10.4 Å². The van der Waals surface area contributed by atoms with Crippen LogP contribution >= 0.6 is 0 Å². The molecule has 0 spiro atoms. The van der Waals surface area contributed by atoms with E-state index in [0.717, 1.165) is 10.1 Å². The van der Waals surface area contributed by atoms with Crippen molar-refractivity contribution in [2.45, 2.75) is 77.5 Å². The largest absolute Gasteiger partial charge is 0.872 e. The third-order valence-corrected chi connectivity index (χ3v) is 7.28. The highest BCUT2D eigenvalue weighted by Crippen LogP contribution is 2.39. The van der Waals surface area contributed by atoms with Gasteiger partial charge in [0.25, 0.3) is 0 Å². The number of benzene rings is 1. The first-order valence-corrected chi connectivity index (χ1v) is 9.49. The van der Waals surface area contributed by atoms with E-state index in [-0.39, 0.29) is 22.8 Å². The number of rotatable bonds is 2. The van der Waals surface area contributed by atoms with Crippen molar-refractivity contribution in [1.29, 1.82) is 0 Å². The van der Waals surface area contributed by atoms with Gasteiger partial charge in [-0.1, -0.05) is 12.1 Å². The average molecular weight is 405 g/mol. The molecule has 0 bridgehead atoms. The van der Waals surface area contributed by atoms with Gasteiger partial charge in [0.2, 0.25) is 0 Å². The molecule has 9 nitrogen and oxygen atoms in total. The van der Waals surface area contributed by atoms with Crippen LogP contribution in [-0.2, 0) is 0 Å². The van der Waals surface area contributed by atoms with Gasteiger partial charge in [-0.2, -0.15) is 0 Å². The van der Waals surface area contributed by atoms with Crippen molar-refractivity contribution in [3.8, 4) is 5.75 Å². The van der Waals surface area contributed by atoms with Crippen LogP contribution in [-0.4, -0.2) is 63.8 Å². The molecule has 2 aliphatic rings. The summed E-state index contributed by atoms with van der Waals surface area (Å²) < 4.78 is 1.34. The molecule has 9 heteroatoms. The van der Waals surface area contributed by atoms with Crippen molar-refractivity contribution in [3.05, 3.63) is 39.7 Å². The summed E-state index contributed by atoms with van der Waals surface area (Å²) in [5, 5.41) is 61.5. The Morgan fingerprint density at radius 1 is 0.690 bits per heavy atom. The van der Waals surface area contributed by atoms with Crippen molar-refractivity contribution in [2.24, 2.45) is 0 Å². The Balaban J connectivity index is 2.22. The number of nitrogens with zero attached hydrogens (tertiary/aromatic N) is 4. The van der Waals surface area contributed by atoms with Crippen LogP contribution in [0.15, 0.2) is 18.2 Å². The summed E-state index contributed by atoms with van der Waals surface area (Å²) in [5.74, 6) is -0.623. The van der Waals surface area contributed by atoms with Crippen LogP contribution in [0.3, 0.4) is 0 Å². The number of hydrogen-bond donors (Lipinski definition) is 2. The van der Waals surface area contributed by atoms with Gasteiger partial charge in [0, 0.05) is 0 Å². The lowest BCUT2D eigenvalue weighted by Crippen LogP contribution is -2.53. The predicted molar refractivity (Wildman–Crippen MR) is 105 cm³/mol.